The molecule has 2 aliphatic rings. The van der Waals surface area contributed by atoms with Gasteiger partial charge in [0.15, 0.2) is 0 Å². The third-order valence-corrected chi connectivity index (χ3v) is 11.2. The van der Waals surface area contributed by atoms with Crippen molar-refractivity contribution in [2.45, 2.75) is 0 Å². The molecule has 0 aliphatic carbocycles. The van der Waals surface area contributed by atoms with E-state index < -0.39 is 0 Å². The van der Waals surface area contributed by atoms with Crippen molar-refractivity contribution in [1.82, 2.24) is 9.97 Å². The van der Waals surface area contributed by atoms with Gasteiger partial charge in [-0.15, -0.1) is 42.9 Å². The van der Waals surface area contributed by atoms with Crippen LogP contribution in [0.4, 0.5) is 45.5 Å². The Morgan fingerprint density at radius 3 is 0.921 bits per heavy atom. The first-order valence-electron chi connectivity index (χ1n) is 20.3. The summed E-state index contributed by atoms with van der Waals surface area (Å²) in [7, 11) is 0. The van der Waals surface area contributed by atoms with E-state index in [2.05, 4.69) is 227 Å². The van der Waals surface area contributed by atoms with Gasteiger partial charge in [-0.25, -0.2) is 0 Å². The number of para-hydroxylation sites is 4. The Balaban J connectivity index is 0.00000166. The summed E-state index contributed by atoms with van der Waals surface area (Å²) >= 11 is 0. The van der Waals surface area contributed by atoms with E-state index in [-0.39, 0.29) is 21.1 Å². The molecule has 11 rings (SSSR count). The number of nitrogens with zero attached hydrogens (tertiary/aromatic N) is 7. The molecule has 2 aromatic heterocycles. The number of hydrogen-bond donors (Lipinski definition) is 0. The molecule has 8 heteroatoms. The van der Waals surface area contributed by atoms with Gasteiger partial charge in [0.05, 0.1) is 0 Å². The molecule has 4 heterocycles. The number of rotatable bonds is 8. The standard InChI is InChI=1S/C54H37N6.CN.Pt/c1-5-18-39(19-6-1)45-33-55-34-46(40-20-7-2-8-21-40)53(45)59-37-57(49-28-13-15-30-51(49)59)43-26-17-27-44(32-43)58-38-60(52-31-16-14-29-50(52)58)54-47(41-22-9-3-10-23-41)35-56-36-48(54)42-24-11-4-12-25-42;1-2;/h1-31,33-38H;;/q-3;-1;+4. The quantitative estimate of drug-likeness (QED) is 0.141. The van der Waals surface area contributed by atoms with Crippen LogP contribution in [-0.2, 0) is 21.1 Å². The number of aromatic nitrogens is 2. The normalized spacial score (nSPS) is 12.5. The van der Waals surface area contributed by atoms with Gasteiger partial charge >= 0.3 is 21.1 Å². The maximum absolute atomic E-state index is 6.25. The molecule has 0 N–H and O–H groups in total. The van der Waals surface area contributed by atoms with Crippen molar-refractivity contribution >= 4 is 45.5 Å². The molecule has 0 fully saturated rings. The van der Waals surface area contributed by atoms with Gasteiger partial charge in [0, 0.05) is 81.2 Å². The third kappa shape index (κ3) is 7.52. The van der Waals surface area contributed by atoms with Crippen LogP contribution in [0.15, 0.2) is 213 Å². The van der Waals surface area contributed by atoms with Gasteiger partial charge in [-0.3, -0.25) is 9.97 Å². The number of benzene rings is 7. The minimum Gasteiger partial charge on any atom is -0.512 e. The van der Waals surface area contributed by atoms with E-state index in [0.717, 1.165) is 90.0 Å². The second-order valence-electron chi connectivity index (χ2n) is 14.7. The molecule has 7 nitrogen and oxygen atoms in total. The summed E-state index contributed by atoms with van der Waals surface area (Å²) in [5.41, 5.74) is 16.8. The van der Waals surface area contributed by atoms with E-state index in [1.165, 1.54) is 0 Å². The molecule has 0 radical (unpaired) electrons. The Kier molecular flexibility index (Phi) is 11.6. The molecule has 0 saturated heterocycles. The fourth-order valence-electron chi connectivity index (χ4n) is 8.43. The zero-order valence-corrected chi connectivity index (χ0v) is 36.1. The van der Waals surface area contributed by atoms with E-state index in [0.29, 0.717) is 0 Å². The number of anilines is 8. The van der Waals surface area contributed by atoms with Crippen LogP contribution >= 0.6 is 0 Å². The fraction of sp³-hybridized carbons (Fsp3) is 0. The van der Waals surface area contributed by atoms with E-state index in [9.17, 15) is 0 Å². The molecular weight excluding hydrogens is 954 g/mol. The molecule has 0 saturated carbocycles. The molecule has 7 aromatic carbocycles. The molecule has 0 bridgehead atoms. The minimum absolute atomic E-state index is 0. The van der Waals surface area contributed by atoms with E-state index >= 15 is 0 Å². The van der Waals surface area contributed by atoms with Gasteiger partial charge in [-0.2, -0.15) is 6.07 Å². The average molecular weight is 991 g/mol. The largest absolute Gasteiger partial charge is 4.00 e. The molecule has 2 aliphatic heterocycles. The number of hydrogen-bond acceptors (Lipinski definition) is 7. The van der Waals surface area contributed by atoms with Crippen molar-refractivity contribution in [3.63, 3.8) is 0 Å². The van der Waals surface area contributed by atoms with E-state index in [1.54, 1.807) is 0 Å². The summed E-state index contributed by atoms with van der Waals surface area (Å²) in [6.45, 7) is 9.13. The molecule has 63 heavy (non-hydrogen) atoms. The van der Waals surface area contributed by atoms with Gasteiger partial charge in [0.25, 0.3) is 0 Å². The molecule has 0 amide bonds. The van der Waals surface area contributed by atoms with Gasteiger partial charge in [0.1, 0.15) is 0 Å². The average Bonchev–Trinajstić information content (AvgIpc) is 3.95. The summed E-state index contributed by atoms with van der Waals surface area (Å²) in [5, 5.41) is 6.25. The van der Waals surface area contributed by atoms with Crippen LogP contribution in [-0.4, -0.2) is 9.97 Å². The smallest absolute Gasteiger partial charge is 0.512 e. The summed E-state index contributed by atoms with van der Waals surface area (Å²) < 4.78 is 0. The predicted octanol–water partition coefficient (Wildman–Crippen LogP) is 13.9. The summed E-state index contributed by atoms with van der Waals surface area (Å²) in [5.74, 6) is 0. The summed E-state index contributed by atoms with van der Waals surface area (Å²) in [6.07, 6.45) is 7.91. The van der Waals surface area contributed by atoms with Crippen molar-refractivity contribution in [2.75, 3.05) is 19.6 Å². The van der Waals surface area contributed by atoms with Crippen molar-refractivity contribution < 1.29 is 21.1 Å². The van der Waals surface area contributed by atoms with Gasteiger partial charge in [0.2, 0.25) is 0 Å². The summed E-state index contributed by atoms with van der Waals surface area (Å²) in [4.78, 5) is 18.6. The van der Waals surface area contributed by atoms with Crippen LogP contribution in [0, 0.1) is 31.2 Å². The van der Waals surface area contributed by atoms with Crippen molar-refractivity contribution in [3.05, 3.63) is 239 Å². The van der Waals surface area contributed by atoms with E-state index in [4.69, 9.17) is 21.8 Å². The number of pyridine rings is 2. The molecule has 0 atom stereocenters. The molecule has 9 aromatic rings. The van der Waals surface area contributed by atoms with Crippen LogP contribution in [0.5, 0.6) is 0 Å². The van der Waals surface area contributed by atoms with Crippen LogP contribution < -0.4 is 19.6 Å². The number of fused-ring (bicyclic) bond motifs is 2. The van der Waals surface area contributed by atoms with Crippen LogP contribution in [0.3, 0.4) is 0 Å². The fourth-order valence-corrected chi connectivity index (χ4v) is 8.43. The molecule has 0 spiro atoms. The Labute approximate surface area is 382 Å². The molecular formula is C55H37N7Pt. The predicted molar refractivity (Wildman–Crippen MR) is 251 cm³/mol. The van der Waals surface area contributed by atoms with Crippen LogP contribution in [0.1, 0.15) is 0 Å². The Bertz CT molecular complexity index is 2700. The monoisotopic (exact) mass is 990 g/mol. The van der Waals surface area contributed by atoms with Gasteiger partial charge in [-0.1, -0.05) is 146 Å². The molecule has 302 valence electrons. The van der Waals surface area contributed by atoms with Crippen molar-refractivity contribution in [1.29, 1.82) is 5.26 Å². The summed E-state index contributed by atoms with van der Waals surface area (Å²) in [6, 6.07) is 69.4. The second kappa shape index (κ2) is 18.1. The first-order chi connectivity index (χ1) is 30.8. The van der Waals surface area contributed by atoms with Crippen molar-refractivity contribution in [3.8, 4) is 44.5 Å². The Morgan fingerprint density at radius 1 is 0.349 bits per heavy atom. The topological polar surface area (TPSA) is 62.5 Å². The maximum Gasteiger partial charge on any atom is 4.00 e. The SMILES string of the molecule is [C-]#N.[Pt+4].[c-]1c(N2[CH-]N(c3c(-c4ccccc4)cncc3-c3ccccc3)c3ccccc32)cccc1N1[CH-]N(c2c(-c3ccccc3)cncc2-c2ccccc2)c2ccccc21. The second-order valence-corrected chi connectivity index (χ2v) is 14.7. The van der Waals surface area contributed by atoms with Gasteiger partial charge in [-0.05, 0) is 46.5 Å². The zero-order valence-electron chi connectivity index (χ0n) is 33.8. The van der Waals surface area contributed by atoms with Crippen molar-refractivity contribution in [2.24, 2.45) is 0 Å². The Hall–Kier alpha value is -7.78. The zero-order chi connectivity index (χ0) is 41.8. The van der Waals surface area contributed by atoms with Crippen LogP contribution in [0.25, 0.3) is 44.5 Å². The van der Waals surface area contributed by atoms with Gasteiger partial charge < -0.3 is 31.4 Å². The first kappa shape index (κ1) is 40.6. The van der Waals surface area contributed by atoms with E-state index in [1.807, 2.05) is 24.8 Å². The molecule has 0 unspecified atom stereocenters. The third-order valence-electron chi connectivity index (χ3n) is 11.2. The van der Waals surface area contributed by atoms with Crippen LogP contribution in [0.2, 0.25) is 0 Å². The Morgan fingerprint density at radius 2 is 0.619 bits per heavy atom. The maximum atomic E-state index is 6.25. The minimum atomic E-state index is 0. The first-order valence-corrected chi connectivity index (χ1v) is 20.3.